The molecular weight excluding hydrogens is 437 g/mol. The number of ether oxygens (including phenoxy) is 2. The van der Waals surface area contributed by atoms with E-state index in [0.29, 0.717) is 17.9 Å². The number of esters is 1. The van der Waals surface area contributed by atoms with Crippen LogP contribution < -0.4 is 4.74 Å². The van der Waals surface area contributed by atoms with Crippen molar-refractivity contribution >= 4 is 33.9 Å². The molecular formula is C23H15BrFNO3. The number of halogens is 2. The summed E-state index contributed by atoms with van der Waals surface area (Å²) in [6.07, 6.45) is 1.61. The topological polar surface area (TPSA) is 47.9 Å². The molecule has 0 aliphatic carbocycles. The summed E-state index contributed by atoms with van der Waals surface area (Å²) >= 11 is 3.41. The molecule has 0 radical (unpaired) electrons. The van der Waals surface area contributed by atoms with E-state index in [9.17, 15) is 9.18 Å². The molecule has 3 aromatic rings. The zero-order chi connectivity index (χ0) is 20.2. The molecule has 1 aliphatic rings. The van der Waals surface area contributed by atoms with Gasteiger partial charge < -0.3 is 9.47 Å². The van der Waals surface area contributed by atoms with Crippen LogP contribution in [0.5, 0.6) is 5.75 Å². The molecule has 1 heterocycles. The third-order valence-electron chi connectivity index (χ3n) is 4.17. The molecule has 0 saturated carbocycles. The molecule has 0 N–H and O–H groups in total. The first kappa shape index (κ1) is 19.1. The molecule has 4 rings (SSSR count). The minimum Gasteiger partial charge on any atom is -0.489 e. The fourth-order valence-electron chi connectivity index (χ4n) is 2.75. The molecule has 0 saturated heterocycles. The van der Waals surface area contributed by atoms with E-state index in [1.807, 2.05) is 48.5 Å². The van der Waals surface area contributed by atoms with Crippen LogP contribution in [0.15, 0.2) is 88.0 Å². The van der Waals surface area contributed by atoms with Gasteiger partial charge in [0.05, 0.1) is 0 Å². The Kier molecular flexibility index (Phi) is 5.53. The van der Waals surface area contributed by atoms with Gasteiger partial charge in [0.15, 0.2) is 5.70 Å². The van der Waals surface area contributed by atoms with Crippen molar-refractivity contribution in [2.75, 3.05) is 0 Å². The molecule has 0 bridgehead atoms. The van der Waals surface area contributed by atoms with Gasteiger partial charge in [0.2, 0.25) is 5.90 Å². The van der Waals surface area contributed by atoms with Gasteiger partial charge in [-0.1, -0.05) is 46.3 Å². The van der Waals surface area contributed by atoms with Crippen LogP contribution in [0, 0.1) is 5.82 Å². The normalized spacial score (nSPS) is 14.6. The summed E-state index contributed by atoms with van der Waals surface area (Å²) in [4.78, 5) is 16.3. The van der Waals surface area contributed by atoms with E-state index in [2.05, 4.69) is 20.9 Å². The average Bonchev–Trinajstić information content (AvgIpc) is 3.08. The highest BCUT2D eigenvalue weighted by molar-refractivity contribution is 9.10. The smallest absolute Gasteiger partial charge is 0.363 e. The summed E-state index contributed by atoms with van der Waals surface area (Å²) in [5.41, 5.74) is 2.35. The zero-order valence-electron chi connectivity index (χ0n) is 15.1. The Hall–Kier alpha value is -3.25. The SMILES string of the molecule is O=C1OC(c2cccc(F)c2)=N/C1=C\c1cccc(OCc2ccc(Br)cc2)c1. The summed E-state index contributed by atoms with van der Waals surface area (Å²) < 4.78 is 25.4. The second-order valence-corrected chi connectivity index (χ2v) is 7.25. The van der Waals surface area contributed by atoms with Crippen molar-refractivity contribution in [2.45, 2.75) is 6.61 Å². The fraction of sp³-hybridized carbons (Fsp3) is 0.0435. The number of benzene rings is 3. The van der Waals surface area contributed by atoms with Crippen LogP contribution in [0.3, 0.4) is 0 Å². The molecule has 3 aromatic carbocycles. The number of hydrogen-bond donors (Lipinski definition) is 0. The molecule has 4 nitrogen and oxygen atoms in total. The molecule has 0 unspecified atom stereocenters. The number of hydrogen-bond acceptors (Lipinski definition) is 4. The maximum Gasteiger partial charge on any atom is 0.363 e. The fourth-order valence-corrected chi connectivity index (χ4v) is 3.02. The molecule has 0 amide bonds. The van der Waals surface area contributed by atoms with Crippen LogP contribution in [-0.2, 0) is 16.1 Å². The second-order valence-electron chi connectivity index (χ2n) is 6.33. The van der Waals surface area contributed by atoms with Gasteiger partial charge in [-0.2, -0.15) is 0 Å². The van der Waals surface area contributed by atoms with Gasteiger partial charge in [-0.25, -0.2) is 14.2 Å². The van der Waals surface area contributed by atoms with Crippen LogP contribution in [0.25, 0.3) is 6.08 Å². The van der Waals surface area contributed by atoms with Gasteiger partial charge in [-0.3, -0.25) is 0 Å². The van der Waals surface area contributed by atoms with Gasteiger partial charge in [-0.05, 0) is 59.7 Å². The van der Waals surface area contributed by atoms with Crippen molar-refractivity contribution in [2.24, 2.45) is 4.99 Å². The van der Waals surface area contributed by atoms with Crippen molar-refractivity contribution < 1.29 is 18.7 Å². The average molecular weight is 452 g/mol. The van der Waals surface area contributed by atoms with Crippen molar-refractivity contribution in [3.05, 3.63) is 105 Å². The number of cyclic esters (lactones) is 1. The first-order chi connectivity index (χ1) is 14.1. The minimum atomic E-state index is -0.578. The van der Waals surface area contributed by atoms with E-state index in [0.717, 1.165) is 15.6 Å². The Balaban J connectivity index is 1.51. The number of carbonyl (C=O) groups excluding carboxylic acids is 1. The standard InChI is InChI=1S/C23H15BrFNO3/c24-18-9-7-15(8-10-18)14-28-20-6-1-3-16(11-20)12-21-23(27)29-22(26-21)17-4-2-5-19(25)13-17/h1-13H,14H2/b21-12-. The van der Waals surface area contributed by atoms with Crippen molar-refractivity contribution in [1.29, 1.82) is 0 Å². The Labute approximate surface area is 175 Å². The van der Waals surface area contributed by atoms with Crippen molar-refractivity contribution in [3.63, 3.8) is 0 Å². The number of rotatable bonds is 5. The lowest BCUT2D eigenvalue weighted by Gasteiger charge is -2.07. The molecule has 6 heteroatoms. The number of aliphatic imine (C=N–C) groups is 1. The second kappa shape index (κ2) is 8.41. The Morgan fingerprint density at radius 1 is 1.03 bits per heavy atom. The lowest BCUT2D eigenvalue weighted by atomic mass is 10.2. The van der Waals surface area contributed by atoms with E-state index < -0.39 is 11.8 Å². The van der Waals surface area contributed by atoms with Gasteiger partial charge in [-0.15, -0.1) is 0 Å². The predicted octanol–water partition coefficient (Wildman–Crippen LogP) is 5.51. The summed E-state index contributed by atoms with van der Waals surface area (Å²) in [7, 11) is 0. The van der Waals surface area contributed by atoms with E-state index in [-0.39, 0.29) is 11.6 Å². The van der Waals surface area contributed by atoms with Gasteiger partial charge >= 0.3 is 5.97 Å². The van der Waals surface area contributed by atoms with Crippen molar-refractivity contribution in [1.82, 2.24) is 0 Å². The highest BCUT2D eigenvalue weighted by Gasteiger charge is 2.24. The number of carbonyl (C=O) groups is 1. The van der Waals surface area contributed by atoms with E-state index in [1.54, 1.807) is 12.1 Å². The first-order valence-corrected chi connectivity index (χ1v) is 9.62. The van der Waals surface area contributed by atoms with Crippen LogP contribution in [-0.4, -0.2) is 11.9 Å². The van der Waals surface area contributed by atoms with Gasteiger partial charge in [0, 0.05) is 10.0 Å². The third kappa shape index (κ3) is 4.78. The molecule has 29 heavy (non-hydrogen) atoms. The zero-order valence-corrected chi connectivity index (χ0v) is 16.7. The molecule has 1 aliphatic heterocycles. The quantitative estimate of drug-likeness (QED) is 0.379. The number of nitrogens with zero attached hydrogens (tertiary/aromatic N) is 1. The highest BCUT2D eigenvalue weighted by atomic mass is 79.9. The van der Waals surface area contributed by atoms with Crippen LogP contribution in [0.1, 0.15) is 16.7 Å². The summed E-state index contributed by atoms with van der Waals surface area (Å²) in [6.45, 7) is 0.428. The van der Waals surface area contributed by atoms with Gasteiger partial charge in [0.25, 0.3) is 0 Å². The predicted molar refractivity (Wildman–Crippen MR) is 112 cm³/mol. The first-order valence-electron chi connectivity index (χ1n) is 8.83. The Morgan fingerprint density at radius 3 is 2.62 bits per heavy atom. The van der Waals surface area contributed by atoms with Crippen molar-refractivity contribution in [3.8, 4) is 5.75 Å². The van der Waals surface area contributed by atoms with E-state index in [1.165, 1.54) is 18.2 Å². The summed E-state index contributed by atoms with van der Waals surface area (Å²) in [5.74, 6) is -0.244. The Bertz CT molecular complexity index is 1120. The maximum absolute atomic E-state index is 13.4. The molecule has 0 aromatic heterocycles. The van der Waals surface area contributed by atoms with Crippen LogP contribution >= 0.6 is 15.9 Å². The molecule has 0 fully saturated rings. The van der Waals surface area contributed by atoms with Crippen LogP contribution in [0.4, 0.5) is 4.39 Å². The van der Waals surface area contributed by atoms with Crippen LogP contribution in [0.2, 0.25) is 0 Å². The molecule has 0 atom stereocenters. The Morgan fingerprint density at radius 2 is 1.83 bits per heavy atom. The van der Waals surface area contributed by atoms with E-state index >= 15 is 0 Å². The molecule has 0 spiro atoms. The van der Waals surface area contributed by atoms with Gasteiger partial charge in [0.1, 0.15) is 18.2 Å². The third-order valence-corrected chi connectivity index (χ3v) is 4.70. The molecule has 144 valence electrons. The largest absolute Gasteiger partial charge is 0.489 e. The minimum absolute atomic E-state index is 0.0865. The lowest BCUT2D eigenvalue weighted by molar-refractivity contribution is -0.129. The summed E-state index contributed by atoms with van der Waals surface area (Å²) in [6, 6.07) is 21.0. The lowest BCUT2D eigenvalue weighted by Crippen LogP contribution is -2.05. The van der Waals surface area contributed by atoms with E-state index in [4.69, 9.17) is 9.47 Å². The summed E-state index contributed by atoms with van der Waals surface area (Å²) in [5, 5.41) is 0. The maximum atomic E-state index is 13.4. The monoisotopic (exact) mass is 451 g/mol. The highest BCUT2D eigenvalue weighted by Crippen LogP contribution is 2.22.